The molecule has 1 aliphatic rings. The number of carbonyl (C=O) groups excluding carboxylic acids is 1. The van der Waals surface area contributed by atoms with Gasteiger partial charge in [0.2, 0.25) is 0 Å². The molecule has 4 aromatic rings. The number of carboxylic acid groups (broad SMARTS) is 1. The molecule has 1 heterocycles. The van der Waals surface area contributed by atoms with Gasteiger partial charge in [-0.3, -0.25) is 9.59 Å². The predicted octanol–water partition coefficient (Wildman–Crippen LogP) is 7.48. The molecule has 2 N–H and O–H groups in total. The standard InChI is InChI=1S/C39H45NO5SSi/c1-27(38(43)44)16-8-5-13-21-30-31(34(42)26-33(30)41)24-25-35(37-40-32-22-14-15-23-36(32)46-37)45-47(39(2,3)4,28-17-9-6-10-18-28)29-19-11-7-12-20-29/h5-7,9-15,17-20,22-25,27,30-31,33,35,41H,8,16,21,26H2,1-4H3,(H,43,44)/t27?,30-,31-,33+,35-/m1/s1. The number of para-hydroxylation sites is 1. The number of ketones is 1. The Bertz CT molecular complexity index is 1640. The zero-order valence-corrected chi connectivity index (χ0v) is 29.4. The van der Waals surface area contributed by atoms with E-state index in [1.165, 1.54) is 0 Å². The predicted molar refractivity (Wildman–Crippen MR) is 193 cm³/mol. The molecule has 6 nitrogen and oxygen atoms in total. The highest BCUT2D eigenvalue weighted by Gasteiger charge is 2.52. The van der Waals surface area contributed by atoms with Crippen LogP contribution < -0.4 is 10.4 Å². The number of carbonyl (C=O) groups is 2. The van der Waals surface area contributed by atoms with E-state index in [2.05, 4.69) is 75.4 Å². The van der Waals surface area contributed by atoms with Crippen LogP contribution in [0.25, 0.3) is 10.2 Å². The highest BCUT2D eigenvalue weighted by atomic mass is 32.1. The molecule has 0 bridgehead atoms. The van der Waals surface area contributed by atoms with Crippen LogP contribution in [0.15, 0.2) is 109 Å². The van der Waals surface area contributed by atoms with Gasteiger partial charge in [0.15, 0.2) is 0 Å². The summed E-state index contributed by atoms with van der Waals surface area (Å²) >= 11 is 1.60. The lowest BCUT2D eigenvalue weighted by Crippen LogP contribution is -2.66. The number of aliphatic carboxylic acids is 1. The average Bonchev–Trinajstić information content (AvgIpc) is 3.60. The van der Waals surface area contributed by atoms with Gasteiger partial charge in [0, 0.05) is 18.3 Å². The highest BCUT2D eigenvalue weighted by Crippen LogP contribution is 2.42. The molecule has 1 saturated carbocycles. The molecular formula is C39H45NO5SSi. The van der Waals surface area contributed by atoms with E-state index in [1.54, 1.807) is 18.3 Å². The molecule has 1 aliphatic carbocycles. The molecule has 0 saturated heterocycles. The fourth-order valence-electron chi connectivity index (χ4n) is 6.65. The molecule has 1 fully saturated rings. The van der Waals surface area contributed by atoms with Crippen molar-refractivity contribution in [3.63, 3.8) is 0 Å². The Kier molecular flexibility index (Phi) is 11.1. The highest BCUT2D eigenvalue weighted by molar-refractivity contribution is 7.18. The molecular weight excluding hydrogens is 623 g/mol. The van der Waals surface area contributed by atoms with Crippen LogP contribution in [-0.4, -0.2) is 41.4 Å². The Balaban J connectivity index is 1.53. The zero-order valence-electron chi connectivity index (χ0n) is 27.6. The van der Waals surface area contributed by atoms with Crippen LogP contribution in [-0.2, 0) is 14.0 Å². The zero-order chi connectivity index (χ0) is 33.6. The maximum absolute atomic E-state index is 13.3. The van der Waals surface area contributed by atoms with E-state index in [1.807, 2.05) is 54.6 Å². The minimum atomic E-state index is -2.99. The second-order valence-corrected chi connectivity index (χ2v) is 18.9. The Morgan fingerprint density at radius 3 is 2.21 bits per heavy atom. The van der Waals surface area contributed by atoms with Gasteiger partial charge in [-0.05, 0) is 46.8 Å². The average molecular weight is 668 g/mol. The van der Waals surface area contributed by atoms with Crippen LogP contribution in [0.3, 0.4) is 0 Å². The smallest absolute Gasteiger partial charge is 0.306 e. The summed E-state index contributed by atoms with van der Waals surface area (Å²) in [5.74, 6) is -1.93. The van der Waals surface area contributed by atoms with Crippen LogP contribution in [0.1, 0.15) is 64.5 Å². The molecule has 47 heavy (non-hydrogen) atoms. The first-order valence-electron chi connectivity index (χ1n) is 16.4. The molecule has 8 heteroatoms. The molecule has 0 amide bonds. The molecule has 0 aliphatic heterocycles. The Hall–Kier alpha value is -3.69. The van der Waals surface area contributed by atoms with E-state index < -0.39 is 38.3 Å². The summed E-state index contributed by atoms with van der Waals surface area (Å²) in [4.78, 5) is 29.5. The van der Waals surface area contributed by atoms with Gasteiger partial charge in [-0.1, -0.05) is 125 Å². The van der Waals surface area contributed by atoms with Gasteiger partial charge in [-0.2, -0.15) is 0 Å². The van der Waals surface area contributed by atoms with Gasteiger partial charge in [-0.25, -0.2) is 4.98 Å². The summed E-state index contributed by atoms with van der Waals surface area (Å²) in [5.41, 5.74) is 0.907. The van der Waals surface area contributed by atoms with Crippen LogP contribution in [0, 0.1) is 17.8 Å². The van der Waals surface area contributed by atoms with Crippen LogP contribution in [0.5, 0.6) is 0 Å². The maximum atomic E-state index is 13.3. The van der Waals surface area contributed by atoms with E-state index in [-0.39, 0.29) is 23.2 Å². The van der Waals surface area contributed by atoms with Gasteiger partial charge in [0.05, 0.1) is 22.2 Å². The number of aliphatic hydroxyl groups is 1. The number of hydrogen-bond acceptors (Lipinski definition) is 6. The number of rotatable bonds is 13. The van der Waals surface area contributed by atoms with Crippen LogP contribution >= 0.6 is 11.3 Å². The Labute approximate surface area is 283 Å². The van der Waals surface area contributed by atoms with Crippen molar-refractivity contribution in [3.05, 3.63) is 114 Å². The SMILES string of the molecule is CC(CCC=CC[C@H]1[C@@H](O)CC(=O)[C@@H]1C=C[C@@H](O[Si](c1ccccc1)(c1ccccc1)C(C)(C)C)c1nc2ccccc2s1)C(=O)O. The van der Waals surface area contributed by atoms with Crippen molar-refractivity contribution in [1.29, 1.82) is 0 Å². The summed E-state index contributed by atoms with van der Waals surface area (Å²) < 4.78 is 8.64. The van der Waals surface area contributed by atoms with Crippen LogP contribution in [0.4, 0.5) is 0 Å². The lowest BCUT2D eigenvalue weighted by atomic mass is 9.90. The second-order valence-electron chi connectivity index (χ2n) is 13.6. The molecule has 0 spiro atoms. The molecule has 246 valence electrons. The quantitative estimate of drug-likeness (QED) is 0.113. The van der Waals surface area contributed by atoms with Gasteiger partial charge >= 0.3 is 5.97 Å². The van der Waals surface area contributed by atoms with E-state index in [4.69, 9.17) is 14.5 Å². The molecule has 1 unspecified atom stereocenters. The number of aliphatic hydroxyl groups excluding tert-OH is 1. The number of hydrogen-bond donors (Lipinski definition) is 2. The van der Waals surface area contributed by atoms with Crippen molar-refractivity contribution in [2.45, 2.75) is 70.6 Å². The summed E-state index contributed by atoms with van der Waals surface area (Å²) in [5, 5.41) is 23.0. The third-order valence-electron chi connectivity index (χ3n) is 9.27. The van der Waals surface area contributed by atoms with E-state index >= 15 is 0 Å². The fourth-order valence-corrected chi connectivity index (χ4v) is 12.3. The molecule has 1 aromatic heterocycles. The topological polar surface area (TPSA) is 96.7 Å². The molecule has 0 radical (unpaired) electrons. The Morgan fingerprint density at radius 1 is 1.00 bits per heavy atom. The first-order chi connectivity index (χ1) is 22.5. The van der Waals surface area contributed by atoms with E-state index in [9.17, 15) is 14.7 Å². The minimum Gasteiger partial charge on any atom is -0.481 e. The van der Waals surface area contributed by atoms with Gasteiger partial charge in [0.25, 0.3) is 8.32 Å². The summed E-state index contributed by atoms with van der Waals surface area (Å²) in [7, 11) is -2.99. The first kappa shape index (κ1) is 34.6. The van der Waals surface area contributed by atoms with Crippen molar-refractivity contribution >= 4 is 52.0 Å². The third-order valence-corrected chi connectivity index (χ3v) is 15.4. The monoisotopic (exact) mass is 667 g/mol. The van der Waals surface area contributed by atoms with E-state index in [0.717, 1.165) is 25.6 Å². The number of Topliss-reactive ketones (excluding diaryl/α,β-unsaturated/α-hetero) is 1. The number of fused-ring (bicyclic) bond motifs is 1. The van der Waals surface area contributed by atoms with Crippen molar-refractivity contribution in [2.75, 3.05) is 0 Å². The summed E-state index contributed by atoms with van der Waals surface area (Å²) in [6.07, 6.45) is 8.45. The van der Waals surface area contributed by atoms with Crippen molar-refractivity contribution in [3.8, 4) is 0 Å². The largest absolute Gasteiger partial charge is 0.481 e. The lowest BCUT2D eigenvalue weighted by Gasteiger charge is -2.44. The van der Waals surface area contributed by atoms with Crippen molar-refractivity contribution < 1.29 is 24.2 Å². The molecule has 5 atom stereocenters. The van der Waals surface area contributed by atoms with Crippen molar-refractivity contribution in [1.82, 2.24) is 4.98 Å². The number of nitrogens with zero attached hydrogens (tertiary/aromatic N) is 1. The number of allylic oxidation sites excluding steroid dienone is 3. The maximum Gasteiger partial charge on any atom is 0.306 e. The molecule has 3 aromatic carbocycles. The van der Waals surface area contributed by atoms with Gasteiger partial charge in [-0.15, -0.1) is 11.3 Å². The summed E-state index contributed by atoms with van der Waals surface area (Å²) in [6, 6.07) is 29.1. The van der Waals surface area contributed by atoms with Gasteiger partial charge in [0.1, 0.15) is 16.9 Å². The number of aromatic nitrogens is 1. The Morgan fingerprint density at radius 2 is 1.62 bits per heavy atom. The number of carboxylic acids is 1. The van der Waals surface area contributed by atoms with Gasteiger partial charge < -0.3 is 14.6 Å². The molecule has 5 rings (SSSR count). The van der Waals surface area contributed by atoms with E-state index in [0.29, 0.717) is 19.3 Å². The number of benzene rings is 3. The first-order valence-corrected chi connectivity index (χ1v) is 19.1. The second kappa shape index (κ2) is 15.0. The summed E-state index contributed by atoms with van der Waals surface area (Å²) in [6.45, 7) is 8.44. The fraction of sp³-hybridized carbons (Fsp3) is 0.359. The third kappa shape index (κ3) is 7.73. The minimum absolute atomic E-state index is 0.0140. The van der Waals surface area contributed by atoms with Crippen molar-refractivity contribution in [2.24, 2.45) is 17.8 Å². The van der Waals surface area contributed by atoms with Crippen LogP contribution in [0.2, 0.25) is 5.04 Å². The lowest BCUT2D eigenvalue weighted by molar-refractivity contribution is -0.141. The normalized spacial score (nSPS) is 20.4. The number of thiazole rings is 1.